The lowest BCUT2D eigenvalue weighted by Crippen LogP contribution is -2.23. The average Bonchev–Trinajstić information content (AvgIpc) is 3.15. The fourth-order valence-corrected chi connectivity index (χ4v) is 8.95. The SMILES string of the molecule is CCC(C)(C)c1ccc2cc(-c3cc4ccccc4c(-c4cc5ccc(C(C)(C)CC)cc5cc4C(C)(C)CC)c3[P+](O)(O)O)c(C(C)(C)CC)cc2c1. The summed E-state index contributed by atoms with van der Waals surface area (Å²) in [6.07, 6.45) is 3.83. The Bertz CT molecular complexity index is 2370. The molecule has 0 aliphatic rings. The number of hydrogen-bond acceptors (Lipinski definition) is 3. The highest BCUT2D eigenvalue weighted by Crippen LogP contribution is 2.54. The van der Waals surface area contributed by atoms with Crippen LogP contribution in [-0.2, 0) is 21.7 Å². The highest BCUT2D eigenvalue weighted by Gasteiger charge is 2.44. The summed E-state index contributed by atoms with van der Waals surface area (Å²) in [6, 6.07) is 32.9. The van der Waals surface area contributed by atoms with Gasteiger partial charge in [-0.25, -0.2) is 0 Å². The second-order valence-electron chi connectivity index (χ2n) is 18.3. The van der Waals surface area contributed by atoms with Crippen LogP contribution in [0.2, 0.25) is 0 Å². The van der Waals surface area contributed by atoms with E-state index < -0.39 is 7.94 Å². The van der Waals surface area contributed by atoms with Gasteiger partial charge in [-0.2, -0.15) is 14.7 Å². The Morgan fingerprint density at radius 2 is 0.852 bits per heavy atom. The van der Waals surface area contributed by atoms with Gasteiger partial charge in [0.25, 0.3) is 0 Å². The van der Waals surface area contributed by atoms with Crippen molar-refractivity contribution in [2.75, 3.05) is 0 Å². The molecule has 4 heteroatoms. The molecule has 6 aromatic carbocycles. The van der Waals surface area contributed by atoms with E-state index in [4.69, 9.17) is 0 Å². The third-order valence-electron chi connectivity index (χ3n) is 13.4. The van der Waals surface area contributed by atoms with Crippen LogP contribution in [0, 0.1) is 0 Å². The smallest absolute Gasteiger partial charge is 0.189 e. The van der Waals surface area contributed by atoms with E-state index in [-0.39, 0.29) is 27.0 Å². The summed E-state index contributed by atoms with van der Waals surface area (Å²) in [5.74, 6) is 0. The number of benzene rings is 6. The van der Waals surface area contributed by atoms with E-state index in [0.29, 0.717) is 11.1 Å². The maximum absolute atomic E-state index is 11.8. The van der Waals surface area contributed by atoms with Gasteiger partial charge in [0.15, 0.2) is 5.30 Å². The minimum Gasteiger partial charge on any atom is -0.189 e. The molecule has 54 heavy (non-hydrogen) atoms. The molecule has 3 nitrogen and oxygen atoms in total. The van der Waals surface area contributed by atoms with Crippen LogP contribution < -0.4 is 5.30 Å². The van der Waals surface area contributed by atoms with Crippen LogP contribution in [0.4, 0.5) is 0 Å². The fourth-order valence-electron chi connectivity index (χ4n) is 7.90. The van der Waals surface area contributed by atoms with Crippen LogP contribution in [0.3, 0.4) is 0 Å². The molecule has 0 aliphatic heterocycles. The van der Waals surface area contributed by atoms with Crippen LogP contribution in [0.5, 0.6) is 0 Å². The highest BCUT2D eigenvalue weighted by atomic mass is 31.2. The van der Waals surface area contributed by atoms with Crippen molar-refractivity contribution in [2.45, 2.75) is 130 Å². The van der Waals surface area contributed by atoms with E-state index in [1.807, 2.05) is 12.1 Å². The van der Waals surface area contributed by atoms with Crippen LogP contribution in [-0.4, -0.2) is 14.7 Å². The second-order valence-corrected chi connectivity index (χ2v) is 19.9. The number of hydrogen-bond donors (Lipinski definition) is 3. The lowest BCUT2D eigenvalue weighted by molar-refractivity contribution is 0.347. The molecule has 0 atom stereocenters. The number of rotatable bonds is 11. The van der Waals surface area contributed by atoms with Crippen molar-refractivity contribution in [1.82, 2.24) is 0 Å². The van der Waals surface area contributed by atoms with Gasteiger partial charge in [0.05, 0.1) is 0 Å². The molecular weight excluding hydrogens is 680 g/mol. The van der Waals surface area contributed by atoms with E-state index in [1.165, 1.54) is 21.9 Å². The first-order chi connectivity index (χ1) is 25.2. The topological polar surface area (TPSA) is 60.7 Å². The Hall–Kier alpha value is -3.59. The maximum Gasteiger partial charge on any atom is 0.442 e. The summed E-state index contributed by atoms with van der Waals surface area (Å²) < 4.78 is 0. The van der Waals surface area contributed by atoms with E-state index in [1.54, 1.807) is 0 Å². The van der Waals surface area contributed by atoms with Crippen LogP contribution >= 0.6 is 7.94 Å². The van der Waals surface area contributed by atoms with Crippen molar-refractivity contribution in [1.29, 1.82) is 0 Å². The molecule has 0 unspecified atom stereocenters. The predicted octanol–water partition coefficient (Wildman–Crippen LogP) is 13.6. The normalized spacial score (nSPS) is 13.4. The van der Waals surface area contributed by atoms with Crippen LogP contribution in [0.15, 0.2) is 91.0 Å². The van der Waals surface area contributed by atoms with E-state index in [9.17, 15) is 14.7 Å². The molecule has 0 aromatic heterocycles. The molecule has 0 fully saturated rings. The van der Waals surface area contributed by atoms with Gasteiger partial charge in [-0.05, 0) is 143 Å². The third kappa shape index (κ3) is 7.14. The van der Waals surface area contributed by atoms with Gasteiger partial charge in [0.1, 0.15) is 0 Å². The summed E-state index contributed by atoms with van der Waals surface area (Å²) in [6.45, 7) is 27.1. The van der Waals surface area contributed by atoms with Crippen molar-refractivity contribution in [2.24, 2.45) is 0 Å². The fraction of sp³-hybridized carbons (Fsp3) is 0.400. The Labute approximate surface area is 325 Å². The Morgan fingerprint density at radius 3 is 1.31 bits per heavy atom. The minimum atomic E-state index is -4.63. The molecule has 6 aromatic rings. The Balaban J connectivity index is 1.79. The molecule has 284 valence electrons. The molecule has 3 N–H and O–H groups in total. The van der Waals surface area contributed by atoms with Crippen molar-refractivity contribution in [3.05, 3.63) is 113 Å². The lowest BCUT2D eigenvalue weighted by Gasteiger charge is -2.31. The molecule has 0 saturated carbocycles. The number of fused-ring (bicyclic) bond motifs is 3. The van der Waals surface area contributed by atoms with Crippen molar-refractivity contribution in [3.8, 4) is 22.3 Å². The first-order valence-electron chi connectivity index (χ1n) is 20.0. The summed E-state index contributed by atoms with van der Waals surface area (Å²) in [4.78, 5) is 35.4. The van der Waals surface area contributed by atoms with Gasteiger partial charge < -0.3 is 0 Å². The summed E-state index contributed by atoms with van der Waals surface area (Å²) in [5.41, 5.74) is 7.65. The van der Waals surface area contributed by atoms with Crippen molar-refractivity contribution in [3.63, 3.8) is 0 Å². The summed E-state index contributed by atoms with van der Waals surface area (Å²) in [7, 11) is -4.63. The zero-order valence-corrected chi connectivity index (χ0v) is 35.7. The quantitative estimate of drug-likeness (QED) is 0.116. The van der Waals surface area contributed by atoms with Crippen molar-refractivity contribution < 1.29 is 14.7 Å². The summed E-state index contributed by atoms with van der Waals surface area (Å²) >= 11 is 0. The van der Waals surface area contributed by atoms with E-state index in [0.717, 1.165) is 69.5 Å². The van der Waals surface area contributed by atoms with Gasteiger partial charge in [-0.15, -0.1) is 0 Å². The van der Waals surface area contributed by atoms with Gasteiger partial charge in [-0.1, -0.05) is 144 Å². The molecule has 6 rings (SSSR count). The van der Waals surface area contributed by atoms with Crippen LogP contribution in [0.1, 0.15) is 131 Å². The highest BCUT2D eigenvalue weighted by molar-refractivity contribution is 7.67. The Morgan fingerprint density at radius 1 is 0.426 bits per heavy atom. The monoisotopic (exact) mass is 741 g/mol. The molecule has 0 radical (unpaired) electrons. The molecule has 0 bridgehead atoms. The molecule has 0 aliphatic carbocycles. The van der Waals surface area contributed by atoms with Crippen molar-refractivity contribution >= 4 is 45.6 Å². The van der Waals surface area contributed by atoms with E-state index in [2.05, 4.69) is 162 Å². The van der Waals surface area contributed by atoms with Gasteiger partial charge >= 0.3 is 7.94 Å². The first-order valence-corrected chi connectivity index (χ1v) is 21.7. The predicted molar refractivity (Wildman–Crippen MR) is 236 cm³/mol. The lowest BCUT2D eigenvalue weighted by atomic mass is 9.74. The summed E-state index contributed by atoms with van der Waals surface area (Å²) in [5, 5.41) is 6.59. The zero-order valence-electron chi connectivity index (χ0n) is 34.8. The molecule has 0 amide bonds. The largest absolute Gasteiger partial charge is 0.442 e. The van der Waals surface area contributed by atoms with Gasteiger partial charge in [0.2, 0.25) is 0 Å². The zero-order chi connectivity index (χ0) is 39.6. The molecule has 0 saturated heterocycles. The minimum absolute atomic E-state index is 0.0390. The second kappa shape index (κ2) is 14.2. The van der Waals surface area contributed by atoms with Gasteiger partial charge in [0, 0.05) is 11.1 Å². The van der Waals surface area contributed by atoms with E-state index >= 15 is 0 Å². The maximum atomic E-state index is 11.8. The standard InChI is InChI=1S/C50H62O3P/c1-13-47(5,6)37-23-21-32-27-40(43(30-35(32)25-37)49(9,10)15-3)41-29-34-19-17-18-20-39(34)45(46(41)54(51,52)53)42-28-33-22-24-38(48(7,8)14-2)26-36(33)31-44(42)50(11,12)16-4/h17-31,51-53H,13-16H2,1-12H3/q+1. The Kier molecular flexibility index (Phi) is 10.5. The third-order valence-corrected chi connectivity index (χ3v) is 14.5. The molecule has 0 heterocycles. The van der Waals surface area contributed by atoms with Crippen LogP contribution in [0.25, 0.3) is 54.6 Å². The average molecular weight is 742 g/mol. The molecule has 0 spiro atoms. The molecular formula is C50H62O3P+. The first kappa shape index (κ1) is 40.1. The van der Waals surface area contributed by atoms with Gasteiger partial charge in [-0.3, -0.25) is 0 Å².